The van der Waals surface area contributed by atoms with E-state index >= 15 is 0 Å². The van der Waals surface area contributed by atoms with E-state index in [1.807, 2.05) is 0 Å². The Kier molecular flexibility index (Phi) is 39.7. The van der Waals surface area contributed by atoms with E-state index in [1.165, 1.54) is 32.1 Å². The number of carboxylic acids is 1. The molecule has 0 aromatic carbocycles. The number of allylic oxidation sites excluding steroid dienone is 13. The average molecular weight is 809 g/mol. The normalized spacial score (nSPS) is 13.3. The van der Waals surface area contributed by atoms with E-state index in [-0.39, 0.29) is 24.5 Å². The summed E-state index contributed by atoms with van der Waals surface area (Å²) >= 11 is 0. The van der Waals surface area contributed by atoms with E-state index in [2.05, 4.69) is 110 Å². The summed E-state index contributed by atoms with van der Waals surface area (Å²) in [5.74, 6) is -2.38. The van der Waals surface area contributed by atoms with Crippen molar-refractivity contribution in [1.29, 1.82) is 0 Å². The highest BCUT2D eigenvalue weighted by Crippen LogP contribution is 2.15. The lowest BCUT2D eigenvalue weighted by atomic mass is 10.0. The second kappa shape index (κ2) is 42.6. The predicted octanol–water partition coefficient (Wildman–Crippen LogP) is 11.3. The van der Waals surface area contributed by atoms with Crippen molar-refractivity contribution >= 4 is 23.8 Å². The van der Waals surface area contributed by atoms with E-state index in [0.717, 1.165) is 109 Å². The number of carboxylic acid groups (broad SMARTS) is 1. The summed E-state index contributed by atoms with van der Waals surface area (Å²) in [6, 6.07) is -1.39. The van der Waals surface area contributed by atoms with Crippen LogP contribution in [-0.2, 0) is 23.9 Å². The van der Waals surface area contributed by atoms with Crippen LogP contribution in [0.5, 0.6) is 0 Å². The molecule has 9 heteroatoms. The molecular weight excluding hydrogens is 729 g/mol. The van der Waals surface area contributed by atoms with Gasteiger partial charge in [-0.05, 0) is 96.0 Å². The van der Waals surface area contributed by atoms with Crippen LogP contribution < -0.4 is 10.6 Å². The number of rotatable bonds is 39. The standard InChI is InChI=1S/C49H80N2O7/c1-3-5-7-9-11-13-14-15-16-17-18-19-20-21-22-23-24-25-27-33-37-41-48(55)58-44(38-34-30-26-12-10-8-6-4-2)39-35-31-28-29-32-36-40-46(53)50-42-47(54)51-45(43-52)49(56)57/h5,7,11,13,15-16,18-19,21-22,24-25,34,38,44-45,52H,3-4,6,8-10,12,14,17,20,23,26-33,35-37,39-43H2,1-2H3,(H,50,53)(H,51,54)(H,56,57)/b7-5-,13-11-,16-15-,19-18-,22-21-,25-24-,38-34-. The zero-order valence-electron chi connectivity index (χ0n) is 36.3. The third-order valence-electron chi connectivity index (χ3n) is 9.36. The molecule has 4 N–H and O–H groups in total. The molecule has 2 unspecified atom stereocenters. The molecule has 0 spiro atoms. The lowest BCUT2D eigenvalue weighted by Crippen LogP contribution is -2.47. The van der Waals surface area contributed by atoms with Gasteiger partial charge in [-0.15, -0.1) is 0 Å². The second-order valence-electron chi connectivity index (χ2n) is 14.8. The van der Waals surface area contributed by atoms with Gasteiger partial charge in [-0.1, -0.05) is 151 Å². The minimum atomic E-state index is -1.39. The van der Waals surface area contributed by atoms with Crippen LogP contribution in [0, 0.1) is 0 Å². The van der Waals surface area contributed by atoms with E-state index in [1.54, 1.807) is 0 Å². The summed E-state index contributed by atoms with van der Waals surface area (Å²) in [6.07, 6.45) is 54.9. The molecule has 0 aromatic rings. The molecule has 0 aliphatic carbocycles. The molecule has 0 aliphatic heterocycles. The first-order chi connectivity index (χ1) is 28.3. The van der Waals surface area contributed by atoms with Crippen LogP contribution in [0.3, 0.4) is 0 Å². The highest BCUT2D eigenvalue weighted by atomic mass is 16.5. The first-order valence-electron chi connectivity index (χ1n) is 22.5. The molecule has 2 atom stereocenters. The Bertz CT molecular complexity index is 1250. The van der Waals surface area contributed by atoms with Crippen molar-refractivity contribution in [2.24, 2.45) is 0 Å². The molecule has 0 saturated heterocycles. The second-order valence-corrected chi connectivity index (χ2v) is 14.8. The Hall–Kier alpha value is -3.98. The zero-order chi connectivity index (χ0) is 42.6. The highest BCUT2D eigenvalue weighted by molar-refractivity contribution is 5.87. The molecule has 0 aromatic heterocycles. The fourth-order valence-electron chi connectivity index (χ4n) is 5.92. The molecule has 0 bridgehead atoms. The van der Waals surface area contributed by atoms with Gasteiger partial charge in [-0.25, -0.2) is 4.79 Å². The molecule has 0 saturated carbocycles. The molecule has 9 nitrogen and oxygen atoms in total. The number of carbonyl (C=O) groups is 4. The van der Waals surface area contributed by atoms with Crippen molar-refractivity contribution in [2.45, 2.75) is 187 Å². The van der Waals surface area contributed by atoms with E-state index < -0.39 is 24.5 Å². The average Bonchev–Trinajstić information content (AvgIpc) is 3.21. The molecule has 58 heavy (non-hydrogen) atoms. The minimum Gasteiger partial charge on any atom is -0.480 e. The number of esters is 1. The number of aliphatic hydroxyl groups is 1. The van der Waals surface area contributed by atoms with Gasteiger partial charge in [0.15, 0.2) is 0 Å². The minimum absolute atomic E-state index is 0.122. The van der Waals surface area contributed by atoms with E-state index in [0.29, 0.717) is 19.3 Å². The molecule has 0 heterocycles. The van der Waals surface area contributed by atoms with Crippen LogP contribution >= 0.6 is 0 Å². The molecule has 328 valence electrons. The maximum Gasteiger partial charge on any atom is 0.328 e. The van der Waals surface area contributed by atoms with Crippen LogP contribution in [0.2, 0.25) is 0 Å². The van der Waals surface area contributed by atoms with Gasteiger partial charge in [0.1, 0.15) is 12.1 Å². The number of hydrogen-bond acceptors (Lipinski definition) is 6. The van der Waals surface area contributed by atoms with Gasteiger partial charge in [0.05, 0.1) is 13.2 Å². The summed E-state index contributed by atoms with van der Waals surface area (Å²) in [5, 5.41) is 22.5. The maximum atomic E-state index is 12.7. The third kappa shape index (κ3) is 38.9. The van der Waals surface area contributed by atoms with Crippen molar-refractivity contribution in [3.8, 4) is 0 Å². The summed E-state index contributed by atoms with van der Waals surface area (Å²) in [4.78, 5) is 47.4. The summed E-state index contributed by atoms with van der Waals surface area (Å²) in [7, 11) is 0. The van der Waals surface area contributed by atoms with Crippen molar-refractivity contribution in [2.75, 3.05) is 13.2 Å². The molecule has 0 radical (unpaired) electrons. The van der Waals surface area contributed by atoms with Gasteiger partial charge >= 0.3 is 11.9 Å². The fraction of sp³-hybridized carbons (Fsp3) is 0.633. The lowest BCUT2D eigenvalue weighted by molar-refractivity contribution is -0.147. The molecule has 2 amide bonds. The number of amides is 2. The number of aliphatic carboxylic acids is 1. The summed E-state index contributed by atoms with van der Waals surface area (Å²) in [6.45, 7) is 3.34. The number of unbranched alkanes of at least 4 members (excludes halogenated alkanes) is 13. The fourth-order valence-corrected chi connectivity index (χ4v) is 5.92. The van der Waals surface area contributed by atoms with Gasteiger partial charge in [-0.3, -0.25) is 14.4 Å². The molecular formula is C49H80N2O7. The van der Waals surface area contributed by atoms with Gasteiger partial charge in [0.2, 0.25) is 11.8 Å². The Labute approximate surface area is 352 Å². The summed E-state index contributed by atoms with van der Waals surface area (Å²) < 4.78 is 5.92. The van der Waals surface area contributed by atoms with Crippen molar-refractivity contribution in [3.63, 3.8) is 0 Å². The van der Waals surface area contributed by atoms with Gasteiger partial charge in [0.25, 0.3) is 0 Å². The van der Waals surface area contributed by atoms with E-state index in [4.69, 9.17) is 14.9 Å². The number of nitrogens with one attached hydrogen (secondary N) is 2. The monoisotopic (exact) mass is 809 g/mol. The quantitative estimate of drug-likeness (QED) is 0.0275. The van der Waals surface area contributed by atoms with Crippen molar-refractivity contribution in [3.05, 3.63) is 85.1 Å². The van der Waals surface area contributed by atoms with Gasteiger partial charge in [-0.2, -0.15) is 0 Å². The lowest BCUT2D eigenvalue weighted by Gasteiger charge is -2.15. The van der Waals surface area contributed by atoms with Crippen molar-refractivity contribution < 1.29 is 34.1 Å². The molecule has 0 rings (SSSR count). The largest absolute Gasteiger partial charge is 0.480 e. The van der Waals surface area contributed by atoms with Crippen molar-refractivity contribution in [1.82, 2.24) is 10.6 Å². The van der Waals surface area contributed by atoms with Crippen LogP contribution in [-0.4, -0.2) is 59.3 Å². The number of ether oxygens (including phenoxy) is 1. The zero-order valence-corrected chi connectivity index (χ0v) is 36.3. The Balaban J connectivity index is 4.30. The summed E-state index contributed by atoms with van der Waals surface area (Å²) in [5.41, 5.74) is 0. The first kappa shape index (κ1) is 54.0. The van der Waals surface area contributed by atoms with Gasteiger partial charge < -0.3 is 25.6 Å². The predicted molar refractivity (Wildman–Crippen MR) is 240 cm³/mol. The number of hydrogen-bond donors (Lipinski definition) is 4. The van der Waals surface area contributed by atoms with Crippen LogP contribution in [0.4, 0.5) is 0 Å². The smallest absolute Gasteiger partial charge is 0.328 e. The van der Waals surface area contributed by atoms with Crippen LogP contribution in [0.15, 0.2) is 85.1 Å². The molecule has 0 fully saturated rings. The van der Waals surface area contributed by atoms with E-state index in [9.17, 15) is 19.2 Å². The van der Waals surface area contributed by atoms with Crippen LogP contribution in [0.25, 0.3) is 0 Å². The van der Waals surface area contributed by atoms with Crippen LogP contribution in [0.1, 0.15) is 174 Å². The SMILES string of the molecule is CC/C=C\C/C=C\C/C=C\C/C=C\C/C=C\C/C=C\CCCCC(=O)OC(/C=C\CCCCCCCC)CCCCCCCCC(=O)NCC(=O)NC(CO)C(=O)O. The molecule has 0 aliphatic rings. The third-order valence-corrected chi connectivity index (χ3v) is 9.36. The number of carbonyl (C=O) groups excluding carboxylic acids is 3. The Morgan fingerprint density at radius 3 is 1.60 bits per heavy atom. The Morgan fingerprint density at radius 2 is 1.03 bits per heavy atom. The highest BCUT2D eigenvalue weighted by Gasteiger charge is 2.18. The van der Waals surface area contributed by atoms with Gasteiger partial charge in [0, 0.05) is 12.8 Å². The topological polar surface area (TPSA) is 142 Å². The number of aliphatic hydroxyl groups excluding tert-OH is 1. The first-order valence-corrected chi connectivity index (χ1v) is 22.5. The Morgan fingerprint density at radius 1 is 0.552 bits per heavy atom. The maximum absolute atomic E-state index is 12.7.